The molecular formula is C16H20N2O4S. The first kappa shape index (κ1) is 16.0. The molecule has 7 heteroatoms. The molecule has 0 spiro atoms. The highest BCUT2D eigenvalue weighted by atomic mass is 32.2. The van der Waals surface area contributed by atoms with Crippen molar-refractivity contribution in [3.8, 4) is 0 Å². The summed E-state index contributed by atoms with van der Waals surface area (Å²) in [5.74, 6) is -0.212. The molecule has 2 amide bonds. The predicted octanol–water partition coefficient (Wildman–Crippen LogP) is 1.67. The van der Waals surface area contributed by atoms with Gasteiger partial charge in [0.25, 0.3) is 5.91 Å². The van der Waals surface area contributed by atoms with Gasteiger partial charge in [-0.15, -0.1) is 0 Å². The van der Waals surface area contributed by atoms with E-state index in [4.69, 9.17) is 4.74 Å². The molecule has 1 aliphatic heterocycles. The lowest BCUT2D eigenvalue weighted by Crippen LogP contribution is -2.50. The summed E-state index contributed by atoms with van der Waals surface area (Å²) >= 11 is 0. The van der Waals surface area contributed by atoms with Crippen molar-refractivity contribution in [3.05, 3.63) is 29.8 Å². The maximum absolute atomic E-state index is 12.4. The minimum atomic E-state index is -0.950. The van der Waals surface area contributed by atoms with Crippen LogP contribution in [0.3, 0.4) is 0 Å². The lowest BCUT2D eigenvalue weighted by molar-refractivity contribution is 0.0943. The van der Waals surface area contributed by atoms with E-state index in [0.29, 0.717) is 30.9 Å². The first-order chi connectivity index (χ1) is 11.0. The van der Waals surface area contributed by atoms with Gasteiger partial charge in [0.2, 0.25) is 0 Å². The van der Waals surface area contributed by atoms with Crippen molar-refractivity contribution in [1.82, 2.24) is 5.32 Å². The first-order valence-corrected chi connectivity index (χ1v) is 9.24. The molecule has 23 heavy (non-hydrogen) atoms. The van der Waals surface area contributed by atoms with E-state index in [9.17, 15) is 13.8 Å². The summed E-state index contributed by atoms with van der Waals surface area (Å²) < 4.78 is 16.5. The van der Waals surface area contributed by atoms with E-state index in [1.807, 2.05) is 0 Å². The second kappa shape index (κ2) is 6.31. The quantitative estimate of drug-likeness (QED) is 0.887. The Bertz CT molecular complexity index is 657. The maximum Gasteiger partial charge on any atom is 0.414 e. The van der Waals surface area contributed by atoms with Crippen molar-refractivity contribution in [2.24, 2.45) is 0 Å². The summed E-state index contributed by atoms with van der Waals surface area (Å²) in [7, 11) is -0.950. The molecule has 3 rings (SSSR count). The minimum Gasteiger partial charge on any atom is -0.447 e. The van der Waals surface area contributed by atoms with Crippen LogP contribution in [0.5, 0.6) is 0 Å². The molecule has 1 saturated carbocycles. The van der Waals surface area contributed by atoms with Gasteiger partial charge in [-0.1, -0.05) is 12.5 Å². The van der Waals surface area contributed by atoms with Crippen molar-refractivity contribution in [2.75, 3.05) is 30.9 Å². The largest absolute Gasteiger partial charge is 0.447 e. The molecule has 0 bridgehead atoms. The molecule has 6 nitrogen and oxygen atoms in total. The average molecular weight is 336 g/mol. The van der Waals surface area contributed by atoms with Crippen molar-refractivity contribution in [1.29, 1.82) is 0 Å². The maximum atomic E-state index is 12.4. The highest BCUT2D eigenvalue weighted by Crippen LogP contribution is 2.36. The number of benzene rings is 1. The summed E-state index contributed by atoms with van der Waals surface area (Å²) in [6, 6.07) is 6.90. The van der Waals surface area contributed by atoms with Gasteiger partial charge in [-0.25, -0.2) is 4.79 Å². The number of nitrogens with one attached hydrogen (secondary N) is 1. The van der Waals surface area contributed by atoms with E-state index in [1.165, 1.54) is 4.90 Å². The monoisotopic (exact) mass is 336 g/mol. The van der Waals surface area contributed by atoms with Crippen LogP contribution in [0.25, 0.3) is 0 Å². The predicted molar refractivity (Wildman–Crippen MR) is 88.1 cm³/mol. The molecule has 1 aromatic rings. The zero-order valence-corrected chi connectivity index (χ0v) is 13.9. The number of nitrogens with zero attached hydrogens (tertiary/aromatic N) is 1. The topological polar surface area (TPSA) is 75.7 Å². The Hall–Kier alpha value is -1.89. The number of cyclic esters (lactones) is 1. The van der Waals surface area contributed by atoms with Crippen molar-refractivity contribution in [2.45, 2.75) is 24.0 Å². The van der Waals surface area contributed by atoms with Crippen LogP contribution in [0.4, 0.5) is 10.5 Å². The molecule has 1 saturated heterocycles. The Labute approximate surface area is 137 Å². The number of amides is 2. The Morgan fingerprint density at radius 1 is 1.43 bits per heavy atom. The number of hydrogen-bond acceptors (Lipinski definition) is 4. The zero-order chi connectivity index (χ0) is 16.4. The standard InChI is InChI=1S/C16H20N2O4S/c1-23(21)16(6-3-7-16)11-17-14(19)12-4-2-5-13(10-12)18-8-9-22-15(18)20/h2,4-5,10H,3,6-9,11H2,1H3,(H,17,19)/t23-/m1/s1. The van der Waals surface area contributed by atoms with Crippen LogP contribution in [0.1, 0.15) is 29.6 Å². The van der Waals surface area contributed by atoms with E-state index in [0.717, 1.165) is 19.3 Å². The smallest absolute Gasteiger partial charge is 0.414 e. The summed E-state index contributed by atoms with van der Waals surface area (Å²) in [6.45, 7) is 1.27. The Morgan fingerprint density at radius 2 is 2.22 bits per heavy atom. The highest BCUT2D eigenvalue weighted by Gasteiger charge is 2.41. The zero-order valence-electron chi connectivity index (χ0n) is 13.0. The summed E-state index contributed by atoms with van der Waals surface area (Å²) in [5.41, 5.74) is 1.14. The third-order valence-electron chi connectivity index (χ3n) is 4.63. The number of carbonyl (C=O) groups excluding carboxylic acids is 2. The summed E-state index contributed by atoms with van der Waals surface area (Å²) in [5, 5.41) is 2.89. The fourth-order valence-corrected chi connectivity index (χ4v) is 4.06. The number of ether oxygens (including phenoxy) is 1. The Kier molecular flexibility index (Phi) is 4.39. The number of anilines is 1. The summed E-state index contributed by atoms with van der Waals surface area (Å²) in [6.07, 6.45) is 4.14. The lowest BCUT2D eigenvalue weighted by atomic mass is 9.84. The van der Waals surface area contributed by atoms with Gasteiger partial charge in [-0.3, -0.25) is 13.9 Å². The fourth-order valence-electron chi connectivity index (χ4n) is 2.92. The molecule has 1 aliphatic carbocycles. The van der Waals surface area contributed by atoms with Gasteiger partial charge >= 0.3 is 6.09 Å². The average Bonchev–Trinajstić information content (AvgIpc) is 2.92. The van der Waals surface area contributed by atoms with E-state index in [-0.39, 0.29) is 10.7 Å². The molecule has 2 fully saturated rings. The number of hydrogen-bond donors (Lipinski definition) is 1. The van der Waals surface area contributed by atoms with Gasteiger partial charge in [-0.2, -0.15) is 0 Å². The van der Waals surface area contributed by atoms with Gasteiger partial charge in [0.05, 0.1) is 11.3 Å². The fraction of sp³-hybridized carbons (Fsp3) is 0.500. The normalized spacial score (nSPS) is 20.6. The lowest BCUT2D eigenvalue weighted by Gasteiger charge is -2.39. The van der Waals surface area contributed by atoms with Crippen LogP contribution >= 0.6 is 0 Å². The molecule has 2 aliphatic rings. The number of carbonyl (C=O) groups is 2. The molecular weight excluding hydrogens is 316 g/mol. The Morgan fingerprint density at radius 3 is 2.78 bits per heavy atom. The van der Waals surface area contributed by atoms with E-state index < -0.39 is 16.9 Å². The van der Waals surface area contributed by atoms with Gasteiger partial charge in [-0.05, 0) is 31.0 Å². The Balaban J connectivity index is 1.68. The number of rotatable bonds is 5. The van der Waals surface area contributed by atoms with E-state index in [1.54, 1.807) is 30.5 Å². The van der Waals surface area contributed by atoms with Gasteiger partial charge in [0.15, 0.2) is 0 Å². The van der Waals surface area contributed by atoms with Crippen LogP contribution in [0.2, 0.25) is 0 Å². The van der Waals surface area contributed by atoms with Crippen LogP contribution < -0.4 is 10.2 Å². The highest BCUT2D eigenvalue weighted by molar-refractivity contribution is 7.85. The summed E-state index contributed by atoms with van der Waals surface area (Å²) in [4.78, 5) is 25.5. The second-order valence-corrected chi connectivity index (χ2v) is 7.76. The molecule has 1 aromatic carbocycles. The van der Waals surface area contributed by atoms with Crippen LogP contribution in [0.15, 0.2) is 24.3 Å². The minimum absolute atomic E-state index is 0.212. The van der Waals surface area contributed by atoms with Gasteiger partial charge in [0, 0.05) is 34.9 Å². The molecule has 0 radical (unpaired) electrons. The van der Waals surface area contributed by atoms with E-state index >= 15 is 0 Å². The molecule has 1 atom stereocenters. The van der Waals surface area contributed by atoms with Gasteiger partial charge < -0.3 is 10.1 Å². The van der Waals surface area contributed by atoms with Crippen LogP contribution in [-0.2, 0) is 15.5 Å². The molecule has 124 valence electrons. The van der Waals surface area contributed by atoms with Crippen molar-refractivity contribution >= 4 is 28.5 Å². The molecule has 1 N–H and O–H groups in total. The van der Waals surface area contributed by atoms with Crippen LogP contribution in [-0.4, -0.2) is 46.9 Å². The third-order valence-corrected chi connectivity index (χ3v) is 6.40. The second-order valence-electron chi connectivity index (χ2n) is 5.99. The molecule has 1 heterocycles. The first-order valence-electron chi connectivity index (χ1n) is 7.68. The third kappa shape index (κ3) is 3.10. The molecule has 0 unspecified atom stereocenters. The van der Waals surface area contributed by atoms with E-state index in [2.05, 4.69) is 5.32 Å². The van der Waals surface area contributed by atoms with Crippen molar-refractivity contribution < 1.29 is 18.5 Å². The molecule has 0 aromatic heterocycles. The SMILES string of the molecule is C[S@@](=O)C1(CNC(=O)c2cccc(N3CCOC3=O)c2)CCC1. The van der Waals surface area contributed by atoms with Gasteiger partial charge in [0.1, 0.15) is 6.61 Å². The van der Waals surface area contributed by atoms with Crippen molar-refractivity contribution in [3.63, 3.8) is 0 Å². The van der Waals surface area contributed by atoms with Crippen LogP contribution in [0, 0.1) is 0 Å².